The molecule has 1 fully saturated rings. The first kappa shape index (κ1) is 9.96. The van der Waals surface area contributed by atoms with Gasteiger partial charge in [-0.2, -0.15) is 0 Å². The fourth-order valence-electron chi connectivity index (χ4n) is 1.55. The van der Waals surface area contributed by atoms with Gasteiger partial charge in [0.2, 0.25) is 0 Å². The highest BCUT2D eigenvalue weighted by atomic mass is 15.3. The van der Waals surface area contributed by atoms with Gasteiger partial charge in [-0.25, -0.2) is 5.32 Å². The maximum Gasteiger partial charge on any atom is 0.127 e. The summed E-state index contributed by atoms with van der Waals surface area (Å²) in [6.07, 6.45) is 3.92. The Balaban J connectivity index is 2.16. The molecule has 1 saturated heterocycles. The molecule has 2 atom stereocenters. The van der Waals surface area contributed by atoms with Crippen molar-refractivity contribution in [3.8, 4) is 0 Å². The lowest BCUT2D eigenvalue weighted by molar-refractivity contribution is 0.352. The van der Waals surface area contributed by atoms with Gasteiger partial charge in [-0.05, 0) is 12.8 Å². The number of hydrogen-bond acceptors (Lipinski definition) is 2. The summed E-state index contributed by atoms with van der Waals surface area (Å²) in [6, 6.07) is 0.634. The van der Waals surface area contributed by atoms with Gasteiger partial charge in [-0.1, -0.05) is 20.3 Å². The first-order valence-electron chi connectivity index (χ1n) is 5.02. The van der Waals surface area contributed by atoms with Gasteiger partial charge in [0.25, 0.3) is 0 Å². The normalized spacial score (nSPS) is 21.5. The molecule has 0 saturated carbocycles. The van der Waals surface area contributed by atoms with Crippen LogP contribution < -0.4 is 16.0 Å². The van der Waals surface area contributed by atoms with Crippen LogP contribution in [0.5, 0.6) is 0 Å². The molecule has 0 aromatic heterocycles. The van der Waals surface area contributed by atoms with E-state index in [1.807, 2.05) is 0 Å². The molecule has 1 aliphatic rings. The van der Waals surface area contributed by atoms with Gasteiger partial charge < -0.3 is 0 Å². The summed E-state index contributed by atoms with van der Waals surface area (Å²) in [7, 11) is 0. The Morgan fingerprint density at radius 1 is 1.58 bits per heavy atom. The van der Waals surface area contributed by atoms with Crippen molar-refractivity contribution in [2.45, 2.75) is 45.4 Å². The highest BCUT2D eigenvalue weighted by Gasteiger charge is 2.16. The van der Waals surface area contributed by atoms with Crippen LogP contribution in [0.25, 0.3) is 0 Å². The molecule has 0 bridgehead atoms. The van der Waals surface area contributed by atoms with Crippen molar-refractivity contribution < 1.29 is 0 Å². The third kappa shape index (κ3) is 3.09. The van der Waals surface area contributed by atoms with E-state index < -0.39 is 0 Å². The topological polar surface area (TPSA) is 38.2 Å². The summed E-state index contributed by atoms with van der Waals surface area (Å²) in [5, 5.41) is 11.2. The standard InChI is InChI=1S/C9H20N3/c1-3-5-8(4-2)12-9-10-6-7-11-9/h8-10,12H,3-7H2,1-2H3. The summed E-state index contributed by atoms with van der Waals surface area (Å²) in [6.45, 7) is 6.44. The van der Waals surface area contributed by atoms with Crippen LogP contribution in [-0.4, -0.2) is 25.4 Å². The quantitative estimate of drug-likeness (QED) is 0.635. The molecule has 0 aromatic rings. The number of nitrogens with one attached hydrogen (secondary N) is 2. The fourth-order valence-corrected chi connectivity index (χ4v) is 1.55. The van der Waals surface area contributed by atoms with Gasteiger partial charge in [0.05, 0.1) is 0 Å². The van der Waals surface area contributed by atoms with Crippen LogP contribution in [0.1, 0.15) is 33.1 Å². The van der Waals surface area contributed by atoms with Crippen LogP contribution >= 0.6 is 0 Å². The lowest BCUT2D eigenvalue weighted by atomic mass is 10.1. The molecule has 0 aromatic carbocycles. The Bertz CT molecular complexity index is 110. The predicted molar refractivity (Wildman–Crippen MR) is 50.9 cm³/mol. The van der Waals surface area contributed by atoms with Gasteiger partial charge in [-0.3, -0.25) is 10.6 Å². The minimum Gasteiger partial charge on any atom is -0.287 e. The molecule has 1 aliphatic heterocycles. The molecule has 3 nitrogen and oxygen atoms in total. The lowest BCUT2D eigenvalue weighted by Crippen LogP contribution is -2.47. The Kier molecular flexibility index (Phi) is 4.58. The highest BCUT2D eigenvalue weighted by molar-refractivity contribution is 4.74. The second-order valence-electron chi connectivity index (χ2n) is 3.32. The van der Waals surface area contributed by atoms with Crippen molar-refractivity contribution in [3.63, 3.8) is 0 Å². The third-order valence-electron chi connectivity index (χ3n) is 2.28. The molecule has 0 aliphatic carbocycles. The fraction of sp³-hybridized carbons (Fsp3) is 1.00. The lowest BCUT2D eigenvalue weighted by Gasteiger charge is -2.20. The Morgan fingerprint density at radius 3 is 2.92 bits per heavy atom. The molecule has 1 radical (unpaired) electrons. The Morgan fingerprint density at radius 2 is 2.42 bits per heavy atom. The van der Waals surface area contributed by atoms with E-state index in [2.05, 4.69) is 29.8 Å². The van der Waals surface area contributed by atoms with E-state index in [0.717, 1.165) is 13.1 Å². The second kappa shape index (κ2) is 5.51. The van der Waals surface area contributed by atoms with Crippen molar-refractivity contribution in [2.75, 3.05) is 13.1 Å². The zero-order valence-corrected chi connectivity index (χ0v) is 8.14. The van der Waals surface area contributed by atoms with E-state index in [-0.39, 0.29) is 6.29 Å². The predicted octanol–water partition coefficient (Wildman–Crippen LogP) is 0.646. The molecular formula is C9H20N3. The minimum absolute atomic E-state index is 0.224. The molecule has 12 heavy (non-hydrogen) atoms. The third-order valence-corrected chi connectivity index (χ3v) is 2.28. The van der Waals surface area contributed by atoms with Crippen LogP contribution in [0.3, 0.4) is 0 Å². The van der Waals surface area contributed by atoms with E-state index in [1.165, 1.54) is 19.3 Å². The monoisotopic (exact) mass is 170 g/mol. The van der Waals surface area contributed by atoms with Crippen LogP contribution in [0, 0.1) is 0 Å². The van der Waals surface area contributed by atoms with Crippen molar-refractivity contribution in [1.82, 2.24) is 16.0 Å². The minimum atomic E-state index is 0.224. The summed E-state index contributed by atoms with van der Waals surface area (Å²) >= 11 is 0. The summed E-state index contributed by atoms with van der Waals surface area (Å²) < 4.78 is 0. The first-order chi connectivity index (χ1) is 5.86. The van der Waals surface area contributed by atoms with Gasteiger partial charge in [-0.15, -0.1) is 0 Å². The van der Waals surface area contributed by atoms with Gasteiger partial charge in [0.15, 0.2) is 0 Å². The first-order valence-corrected chi connectivity index (χ1v) is 5.02. The molecule has 1 rings (SSSR count). The summed E-state index contributed by atoms with van der Waals surface area (Å²) in [4.78, 5) is 0. The van der Waals surface area contributed by atoms with Crippen molar-refractivity contribution in [1.29, 1.82) is 0 Å². The van der Waals surface area contributed by atoms with Gasteiger partial charge in [0.1, 0.15) is 6.29 Å². The molecule has 71 valence electrons. The van der Waals surface area contributed by atoms with Crippen LogP contribution in [0.15, 0.2) is 0 Å². The highest BCUT2D eigenvalue weighted by Crippen LogP contribution is 2.01. The average Bonchev–Trinajstić information content (AvgIpc) is 2.56. The van der Waals surface area contributed by atoms with E-state index in [0.29, 0.717) is 6.04 Å². The molecule has 0 amide bonds. The number of rotatable bonds is 5. The Labute approximate surface area is 75.3 Å². The van der Waals surface area contributed by atoms with Crippen molar-refractivity contribution >= 4 is 0 Å². The summed E-state index contributed by atoms with van der Waals surface area (Å²) in [5.74, 6) is 0. The molecule has 1 heterocycles. The van der Waals surface area contributed by atoms with Gasteiger partial charge in [0, 0.05) is 19.1 Å². The van der Waals surface area contributed by atoms with Crippen LogP contribution in [0.4, 0.5) is 0 Å². The Hall–Kier alpha value is -0.120. The molecule has 3 heteroatoms. The van der Waals surface area contributed by atoms with Crippen molar-refractivity contribution in [3.05, 3.63) is 0 Å². The van der Waals surface area contributed by atoms with E-state index >= 15 is 0 Å². The van der Waals surface area contributed by atoms with E-state index in [9.17, 15) is 0 Å². The van der Waals surface area contributed by atoms with E-state index in [4.69, 9.17) is 0 Å². The van der Waals surface area contributed by atoms with E-state index in [1.54, 1.807) is 0 Å². The smallest absolute Gasteiger partial charge is 0.127 e. The van der Waals surface area contributed by atoms with Gasteiger partial charge >= 0.3 is 0 Å². The average molecular weight is 170 g/mol. The SMILES string of the molecule is CCCC(CC)NC1[N]CCN1. The van der Waals surface area contributed by atoms with Crippen molar-refractivity contribution in [2.24, 2.45) is 0 Å². The zero-order valence-electron chi connectivity index (χ0n) is 8.14. The van der Waals surface area contributed by atoms with Crippen LogP contribution in [-0.2, 0) is 0 Å². The van der Waals surface area contributed by atoms with Crippen LogP contribution in [0.2, 0.25) is 0 Å². The molecule has 2 N–H and O–H groups in total. The number of hydrogen-bond donors (Lipinski definition) is 2. The summed E-state index contributed by atoms with van der Waals surface area (Å²) in [5.41, 5.74) is 0. The largest absolute Gasteiger partial charge is 0.287 e. The maximum atomic E-state index is 4.38. The molecule has 0 spiro atoms. The molecular weight excluding hydrogens is 150 g/mol. The second-order valence-corrected chi connectivity index (χ2v) is 3.32. The maximum absolute atomic E-state index is 4.38. The zero-order chi connectivity index (χ0) is 8.81. The number of nitrogens with zero attached hydrogens (tertiary/aromatic N) is 1. The molecule has 2 unspecified atom stereocenters.